The summed E-state index contributed by atoms with van der Waals surface area (Å²) in [6.45, 7) is 2.65. The van der Waals surface area contributed by atoms with Gasteiger partial charge in [0.2, 0.25) is 0 Å². The van der Waals surface area contributed by atoms with Gasteiger partial charge >= 0.3 is 0 Å². The minimum atomic E-state index is -0.558. The zero-order valence-electron chi connectivity index (χ0n) is 11.2. The molecule has 0 radical (unpaired) electrons. The Hall–Kier alpha value is -2.01. The van der Waals surface area contributed by atoms with Crippen molar-refractivity contribution in [2.45, 2.75) is 19.6 Å². The molecule has 5 nitrogen and oxygen atoms in total. The van der Waals surface area contributed by atoms with Gasteiger partial charge in [-0.2, -0.15) is 0 Å². The number of imidazole rings is 1. The van der Waals surface area contributed by atoms with Crippen molar-refractivity contribution in [2.75, 3.05) is 19.0 Å². The second-order valence-corrected chi connectivity index (χ2v) is 4.37. The normalized spacial score (nSPS) is 12.2. The van der Waals surface area contributed by atoms with E-state index in [4.69, 9.17) is 4.74 Å². The van der Waals surface area contributed by atoms with Crippen molar-refractivity contribution in [3.05, 3.63) is 42.5 Å². The minimum Gasteiger partial charge on any atom is -0.491 e. The molecule has 1 heterocycles. The van der Waals surface area contributed by atoms with Crippen LogP contribution >= 0.6 is 0 Å². The summed E-state index contributed by atoms with van der Waals surface area (Å²) in [5.74, 6) is 1.64. The molecule has 0 aliphatic rings. The third-order valence-corrected chi connectivity index (χ3v) is 2.92. The predicted octanol–water partition coefficient (Wildman–Crippen LogP) is 1.67. The first-order valence-corrected chi connectivity index (χ1v) is 6.25. The maximum Gasteiger partial charge on any atom is 0.119 e. The Kier molecular flexibility index (Phi) is 4.41. The third kappa shape index (κ3) is 3.72. The number of rotatable bonds is 6. The number of anilines is 1. The Labute approximate surface area is 112 Å². The van der Waals surface area contributed by atoms with Crippen LogP contribution in [0, 0.1) is 6.92 Å². The molecule has 0 bridgehead atoms. The van der Waals surface area contributed by atoms with Crippen molar-refractivity contribution in [2.24, 2.45) is 0 Å². The first-order chi connectivity index (χ1) is 9.19. The maximum atomic E-state index is 9.92. The SMILES string of the molecule is CNc1ccc(OCC(O)Cn2ccnc2C)cc1. The van der Waals surface area contributed by atoms with E-state index in [1.54, 1.807) is 6.20 Å². The first-order valence-electron chi connectivity index (χ1n) is 6.25. The quantitative estimate of drug-likeness (QED) is 0.830. The van der Waals surface area contributed by atoms with Crippen molar-refractivity contribution in [3.8, 4) is 5.75 Å². The molecule has 19 heavy (non-hydrogen) atoms. The van der Waals surface area contributed by atoms with Crippen LogP contribution in [-0.4, -0.2) is 34.4 Å². The molecule has 2 N–H and O–H groups in total. The van der Waals surface area contributed by atoms with E-state index < -0.39 is 6.10 Å². The van der Waals surface area contributed by atoms with Crippen molar-refractivity contribution in [1.82, 2.24) is 9.55 Å². The zero-order chi connectivity index (χ0) is 13.7. The molecule has 0 saturated heterocycles. The van der Waals surface area contributed by atoms with Gasteiger partial charge in [-0.1, -0.05) is 0 Å². The van der Waals surface area contributed by atoms with Gasteiger partial charge in [-0.05, 0) is 31.2 Å². The lowest BCUT2D eigenvalue weighted by molar-refractivity contribution is 0.0919. The maximum absolute atomic E-state index is 9.92. The number of aryl methyl sites for hydroxylation is 1. The lowest BCUT2D eigenvalue weighted by Crippen LogP contribution is -2.23. The summed E-state index contributed by atoms with van der Waals surface area (Å²) in [6, 6.07) is 7.62. The van der Waals surface area contributed by atoms with E-state index in [0.29, 0.717) is 6.54 Å². The van der Waals surface area contributed by atoms with Crippen LogP contribution in [-0.2, 0) is 6.54 Å². The van der Waals surface area contributed by atoms with Gasteiger partial charge in [-0.3, -0.25) is 0 Å². The van der Waals surface area contributed by atoms with Crippen LogP contribution in [0.5, 0.6) is 5.75 Å². The number of aliphatic hydroxyl groups is 1. The van der Waals surface area contributed by atoms with Crippen LogP contribution in [0.2, 0.25) is 0 Å². The fourth-order valence-corrected chi connectivity index (χ4v) is 1.79. The molecule has 0 aliphatic heterocycles. The third-order valence-electron chi connectivity index (χ3n) is 2.92. The number of hydrogen-bond donors (Lipinski definition) is 2. The second kappa shape index (κ2) is 6.24. The van der Waals surface area contributed by atoms with E-state index in [0.717, 1.165) is 17.3 Å². The zero-order valence-corrected chi connectivity index (χ0v) is 11.2. The van der Waals surface area contributed by atoms with E-state index in [-0.39, 0.29) is 6.61 Å². The van der Waals surface area contributed by atoms with E-state index >= 15 is 0 Å². The molecule has 2 aromatic rings. The summed E-state index contributed by atoms with van der Waals surface area (Å²) >= 11 is 0. The summed E-state index contributed by atoms with van der Waals surface area (Å²) < 4.78 is 7.45. The highest BCUT2D eigenvalue weighted by Crippen LogP contribution is 2.15. The minimum absolute atomic E-state index is 0.260. The van der Waals surface area contributed by atoms with Gasteiger partial charge in [-0.25, -0.2) is 4.98 Å². The summed E-state index contributed by atoms with van der Waals surface area (Å²) in [7, 11) is 1.87. The summed E-state index contributed by atoms with van der Waals surface area (Å²) in [5, 5.41) is 13.0. The highest BCUT2D eigenvalue weighted by atomic mass is 16.5. The fourth-order valence-electron chi connectivity index (χ4n) is 1.79. The van der Waals surface area contributed by atoms with Gasteiger partial charge in [0.1, 0.15) is 24.3 Å². The molecule has 1 aromatic heterocycles. The number of nitrogens with one attached hydrogen (secondary N) is 1. The smallest absolute Gasteiger partial charge is 0.119 e. The lowest BCUT2D eigenvalue weighted by Gasteiger charge is -2.14. The molecular weight excluding hydrogens is 242 g/mol. The number of aromatic nitrogens is 2. The number of nitrogens with zero attached hydrogens (tertiary/aromatic N) is 2. The molecule has 1 unspecified atom stereocenters. The molecule has 1 atom stereocenters. The standard InChI is InChI=1S/C14H19N3O2/c1-11-16-7-8-17(11)9-13(18)10-19-14-5-3-12(15-2)4-6-14/h3-8,13,15,18H,9-10H2,1-2H3. The molecule has 2 rings (SSSR count). The monoisotopic (exact) mass is 261 g/mol. The van der Waals surface area contributed by atoms with Gasteiger partial charge in [0.05, 0.1) is 6.54 Å². The summed E-state index contributed by atoms with van der Waals surface area (Å²) in [5.41, 5.74) is 1.03. The fraction of sp³-hybridized carbons (Fsp3) is 0.357. The van der Waals surface area contributed by atoms with Crippen LogP contribution in [0.15, 0.2) is 36.7 Å². The van der Waals surface area contributed by atoms with Crippen LogP contribution in [0.3, 0.4) is 0 Å². The van der Waals surface area contributed by atoms with Gasteiger partial charge < -0.3 is 19.7 Å². The summed E-state index contributed by atoms with van der Waals surface area (Å²) in [6.07, 6.45) is 3.01. The largest absolute Gasteiger partial charge is 0.491 e. The molecular formula is C14H19N3O2. The first kappa shape index (κ1) is 13.4. The van der Waals surface area contributed by atoms with E-state index in [1.165, 1.54) is 0 Å². The molecule has 1 aromatic carbocycles. The van der Waals surface area contributed by atoms with Crippen molar-refractivity contribution >= 4 is 5.69 Å². The molecule has 0 fully saturated rings. The average molecular weight is 261 g/mol. The Bertz CT molecular complexity index is 508. The van der Waals surface area contributed by atoms with E-state index in [9.17, 15) is 5.11 Å². The average Bonchev–Trinajstić information content (AvgIpc) is 2.82. The number of benzene rings is 1. The van der Waals surface area contributed by atoms with Gasteiger partial charge in [0.15, 0.2) is 0 Å². The Balaban J connectivity index is 1.82. The number of ether oxygens (including phenoxy) is 1. The van der Waals surface area contributed by atoms with Crippen molar-refractivity contribution in [1.29, 1.82) is 0 Å². The molecule has 0 amide bonds. The summed E-state index contributed by atoms with van der Waals surface area (Å²) in [4.78, 5) is 4.11. The lowest BCUT2D eigenvalue weighted by atomic mass is 10.3. The van der Waals surface area contributed by atoms with Crippen LogP contribution in [0.25, 0.3) is 0 Å². The van der Waals surface area contributed by atoms with Crippen molar-refractivity contribution < 1.29 is 9.84 Å². The number of aliphatic hydroxyl groups excluding tert-OH is 1. The van der Waals surface area contributed by atoms with Gasteiger partial charge in [0, 0.05) is 25.1 Å². The molecule has 0 aliphatic carbocycles. The van der Waals surface area contributed by atoms with E-state index in [1.807, 2.05) is 49.0 Å². The Morgan fingerprint density at radius 3 is 2.68 bits per heavy atom. The van der Waals surface area contributed by atoms with Crippen LogP contribution in [0.1, 0.15) is 5.82 Å². The predicted molar refractivity (Wildman–Crippen MR) is 74.5 cm³/mol. The molecule has 5 heteroatoms. The van der Waals surface area contributed by atoms with Crippen LogP contribution < -0.4 is 10.1 Å². The van der Waals surface area contributed by atoms with Gasteiger partial charge in [0.25, 0.3) is 0 Å². The topological polar surface area (TPSA) is 59.3 Å². The van der Waals surface area contributed by atoms with Gasteiger partial charge in [-0.15, -0.1) is 0 Å². The van der Waals surface area contributed by atoms with Crippen molar-refractivity contribution in [3.63, 3.8) is 0 Å². The molecule has 102 valence electrons. The second-order valence-electron chi connectivity index (χ2n) is 4.37. The highest BCUT2D eigenvalue weighted by Gasteiger charge is 2.08. The van der Waals surface area contributed by atoms with E-state index in [2.05, 4.69) is 10.3 Å². The molecule has 0 saturated carbocycles. The molecule has 0 spiro atoms. The number of hydrogen-bond acceptors (Lipinski definition) is 4. The van der Waals surface area contributed by atoms with Crippen LogP contribution in [0.4, 0.5) is 5.69 Å². The Morgan fingerprint density at radius 1 is 1.37 bits per heavy atom. The Morgan fingerprint density at radius 2 is 2.11 bits per heavy atom. The highest BCUT2D eigenvalue weighted by molar-refractivity contribution is 5.45.